The van der Waals surface area contributed by atoms with E-state index < -0.39 is 0 Å². The quantitative estimate of drug-likeness (QED) is 0.587. The van der Waals surface area contributed by atoms with Crippen LogP contribution in [0.5, 0.6) is 0 Å². The van der Waals surface area contributed by atoms with Crippen LogP contribution in [0.3, 0.4) is 0 Å². The number of fused-ring (bicyclic) bond motifs is 5. The van der Waals surface area contributed by atoms with Gasteiger partial charge in [-0.25, -0.2) is 0 Å². The number of epoxide rings is 1. The summed E-state index contributed by atoms with van der Waals surface area (Å²) >= 11 is 0. The molecule has 4 saturated carbocycles. The first-order valence-electron chi connectivity index (χ1n) is 13.1. The second-order valence-corrected chi connectivity index (χ2v) is 13.2. The molecule has 0 aromatic heterocycles. The van der Waals surface area contributed by atoms with Crippen molar-refractivity contribution in [2.75, 3.05) is 0 Å². The van der Waals surface area contributed by atoms with E-state index in [2.05, 4.69) is 34.6 Å². The van der Waals surface area contributed by atoms with Crippen LogP contribution in [0.25, 0.3) is 0 Å². The zero-order chi connectivity index (χ0) is 21.5. The molecule has 5 rings (SSSR count). The SMILES string of the molecule is C[C@H](CC[C@@H]1OC1(C)C)[C@H]1CCC2C3C[C@H](O)C4C[C@H](O)CC[C@]4(C)C3CC[C@@]21C. The van der Waals surface area contributed by atoms with E-state index in [9.17, 15) is 10.2 Å². The summed E-state index contributed by atoms with van der Waals surface area (Å²) in [4.78, 5) is 0. The fraction of sp³-hybridized carbons (Fsp3) is 1.00. The predicted octanol–water partition coefficient (Wildman–Crippen LogP) is 5.57. The Morgan fingerprint density at radius 1 is 0.867 bits per heavy atom. The Kier molecular flexibility index (Phi) is 5.20. The largest absolute Gasteiger partial charge is 0.393 e. The van der Waals surface area contributed by atoms with Gasteiger partial charge in [0.25, 0.3) is 0 Å². The monoisotopic (exact) mass is 418 g/mol. The number of ether oxygens (including phenoxy) is 1. The minimum absolute atomic E-state index is 0.123. The molecule has 4 aliphatic carbocycles. The van der Waals surface area contributed by atoms with Crippen molar-refractivity contribution in [3.63, 3.8) is 0 Å². The van der Waals surface area contributed by atoms with E-state index in [0.717, 1.165) is 49.4 Å². The summed E-state index contributed by atoms with van der Waals surface area (Å²) in [5.74, 6) is 4.16. The third-order valence-corrected chi connectivity index (χ3v) is 11.5. The van der Waals surface area contributed by atoms with Crippen molar-refractivity contribution in [1.29, 1.82) is 0 Å². The first-order chi connectivity index (χ1) is 14.1. The number of hydrogen-bond donors (Lipinski definition) is 2. The van der Waals surface area contributed by atoms with E-state index in [1.54, 1.807) is 0 Å². The lowest BCUT2D eigenvalue weighted by Crippen LogP contribution is -2.58. The zero-order valence-corrected chi connectivity index (χ0v) is 20.1. The van der Waals surface area contributed by atoms with Crippen molar-refractivity contribution in [2.45, 2.75) is 123 Å². The fourth-order valence-corrected chi connectivity index (χ4v) is 9.61. The molecule has 172 valence electrons. The molecular formula is C27H46O3. The fourth-order valence-electron chi connectivity index (χ4n) is 9.61. The van der Waals surface area contributed by atoms with Crippen molar-refractivity contribution in [2.24, 2.45) is 46.3 Å². The first-order valence-corrected chi connectivity index (χ1v) is 13.1. The smallest absolute Gasteiger partial charge is 0.0892 e. The Bertz CT molecular complexity index is 660. The predicted molar refractivity (Wildman–Crippen MR) is 120 cm³/mol. The summed E-state index contributed by atoms with van der Waals surface area (Å²) in [6.45, 7) is 12.0. The van der Waals surface area contributed by atoms with Crippen LogP contribution in [0, 0.1) is 46.3 Å². The van der Waals surface area contributed by atoms with Gasteiger partial charge in [0.15, 0.2) is 0 Å². The maximum absolute atomic E-state index is 11.2. The summed E-state index contributed by atoms with van der Waals surface area (Å²) in [7, 11) is 0. The van der Waals surface area contributed by atoms with Crippen molar-refractivity contribution in [3.8, 4) is 0 Å². The summed E-state index contributed by atoms with van der Waals surface area (Å²) in [5.41, 5.74) is 0.816. The highest BCUT2D eigenvalue weighted by molar-refractivity contribution is 5.11. The number of aliphatic hydroxyl groups is 2. The van der Waals surface area contributed by atoms with Crippen molar-refractivity contribution in [1.82, 2.24) is 0 Å². The summed E-state index contributed by atoms with van der Waals surface area (Å²) in [6, 6.07) is 0. The van der Waals surface area contributed by atoms with Gasteiger partial charge < -0.3 is 14.9 Å². The molecule has 0 bridgehead atoms. The maximum atomic E-state index is 11.2. The summed E-state index contributed by atoms with van der Waals surface area (Å²) in [6.07, 6.45) is 11.9. The highest BCUT2D eigenvalue weighted by Crippen LogP contribution is 2.68. The molecule has 1 aliphatic heterocycles. The molecule has 0 aromatic carbocycles. The third kappa shape index (κ3) is 3.24. The zero-order valence-electron chi connectivity index (χ0n) is 20.1. The Hall–Kier alpha value is -0.120. The highest BCUT2D eigenvalue weighted by Gasteiger charge is 2.62. The van der Waals surface area contributed by atoms with Crippen LogP contribution >= 0.6 is 0 Å². The second kappa shape index (κ2) is 7.19. The maximum Gasteiger partial charge on any atom is 0.0892 e. The van der Waals surface area contributed by atoms with Crippen LogP contribution in [-0.2, 0) is 4.74 Å². The van der Waals surface area contributed by atoms with Gasteiger partial charge in [-0.05, 0) is 124 Å². The third-order valence-electron chi connectivity index (χ3n) is 11.5. The molecule has 1 heterocycles. The van der Waals surface area contributed by atoms with Gasteiger partial charge in [-0.15, -0.1) is 0 Å². The van der Waals surface area contributed by atoms with Gasteiger partial charge in [0.1, 0.15) is 0 Å². The van der Waals surface area contributed by atoms with Gasteiger partial charge in [-0.1, -0.05) is 20.8 Å². The van der Waals surface area contributed by atoms with Crippen molar-refractivity contribution < 1.29 is 14.9 Å². The van der Waals surface area contributed by atoms with Gasteiger partial charge in [0, 0.05) is 0 Å². The van der Waals surface area contributed by atoms with E-state index in [0.29, 0.717) is 23.4 Å². The van der Waals surface area contributed by atoms with E-state index in [-0.39, 0.29) is 23.2 Å². The number of rotatable bonds is 4. The first kappa shape index (κ1) is 21.7. The average Bonchev–Trinajstić information content (AvgIpc) is 3.12. The van der Waals surface area contributed by atoms with E-state index in [4.69, 9.17) is 4.74 Å². The molecule has 0 amide bonds. The van der Waals surface area contributed by atoms with Crippen LogP contribution in [0.4, 0.5) is 0 Å². The van der Waals surface area contributed by atoms with Crippen LogP contribution in [0.2, 0.25) is 0 Å². The lowest BCUT2D eigenvalue weighted by Gasteiger charge is -2.62. The van der Waals surface area contributed by atoms with E-state index >= 15 is 0 Å². The van der Waals surface area contributed by atoms with E-state index in [1.807, 2.05) is 0 Å². The lowest BCUT2D eigenvalue weighted by atomic mass is 9.44. The molecule has 0 aromatic rings. The van der Waals surface area contributed by atoms with Crippen LogP contribution in [0.1, 0.15) is 98.8 Å². The van der Waals surface area contributed by atoms with Crippen molar-refractivity contribution in [3.05, 3.63) is 0 Å². The molecule has 2 N–H and O–H groups in total. The Labute approximate surface area is 184 Å². The molecule has 4 unspecified atom stereocenters. The van der Waals surface area contributed by atoms with Gasteiger partial charge in [0.05, 0.1) is 23.9 Å². The topological polar surface area (TPSA) is 53.0 Å². The molecule has 1 saturated heterocycles. The average molecular weight is 419 g/mol. The summed E-state index contributed by atoms with van der Waals surface area (Å²) < 4.78 is 5.85. The molecule has 3 heteroatoms. The molecule has 5 aliphatic rings. The molecule has 3 nitrogen and oxygen atoms in total. The number of aliphatic hydroxyl groups excluding tert-OH is 2. The van der Waals surface area contributed by atoms with Crippen molar-refractivity contribution >= 4 is 0 Å². The normalized spacial score (nSPS) is 55.3. The second-order valence-electron chi connectivity index (χ2n) is 13.2. The Morgan fingerprint density at radius 3 is 2.23 bits per heavy atom. The highest BCUT2D eigenvalue weighted by atomic mass is 16.6. The van der Waals surface area contributed by atoms with Gasteiger partial charge >= 0.3 is 0 Å². The van der Waals surface area contributed by atoms with Gasteiger partial charge in [-0.3, -0.25) is 0 Å². The minimum atomic E-state index is -0.209. The summed E-state index contributed by atoms with van der Waals surface area (Å²) in [5, 5.41) is 21.5. The van der Waals surface area contributed by atoms with E-state index in [1.165, 1.54) is 38.5 Å². The molecule has 11 atom stereocenters. The minimum Gasteiger partial charge on any atom is -0.393 e. The van der Waals surface area contributed by atoms with Gasteiger partial charge in [-0.2, -0.15) is 0 Å². The standard InChI is InChI=1S/C27H46O3/c1-16(6-9-24-25(2,3)30-24)19-7-8-20-18-15-23(29)22-14-17(28)10-12-27(22,5)21(18)11-13-26(19,20)4/h16-24,28-29H,6-15H2,1-5H3/t16-,17-,18?,19-,20?,21?,22?,23+,24+,26-,27-/m1/s1. The molecule has 0 radical (unpaired) electrons. The Morgan fingerprint density at radius 2 is 1.53 bits per heavy atom. The Balaban J connectivity index is 1.31. The van der Waals surface area contributed by atoms with Gasteiger partial charge in [0.2, 0.25) is 0 Å². The van der Waals surface area contributed by atoms with Crippen LogP contribution < -0.4 is 0 Å². The molecule has 5 fully saturated rings. The molecule has 0 spiro atoms. The lowest BCUT2D eigenvalue weighted by molar-refractivity contribution is -0.172. The van der Waals surface area contributed by atoms with Crippen LogP contribution in [0.15, 0.2) is 0 Å². The number of hydrogen-bond acceptors (Lipinski definition) is 3. The molecule has 30 heavy (non-hydrogen) atoms. The van der Waals surface area contributed by atoms with Crippen LogP contribution in [-0.4, -0.2) is 34.1 Å². The molecular weight excluding hydrogens is 372 g/mol.